The number of ketones is 1. The van der Waals surface area contributed by atoms with Gasteiger partial charge in [-0.2, -0.15) is 12.7 Å². The van der Waals surface area contributed by atoms with E-state index in [0.717, 1.165) is 38.1 Å². The third-order valence-electron chi connectivity index (χ3n) is 13.9. The number of pyridine rings is 1. The predicted octanol–water partition coefficient (Wildman–Crippen LogP) is 7.40. The van der Waals surface area contributed by atoms with Crippen LogP contribution in [0.25, 0.3) is 32.6 Å². The van der Waals surface area contributed by atoms with Crippen LogP contribution in [0.3, 0.4) is 0 Å². The molecular formula is C55H61F3N8O11S2. The summed E-state index contributed by atoms with van der Waals surface area (Å²) in [7, 11) is -4.38. The quantitative estimate of drug-likeness (QED) is 0.0262. The van der Waals surface area contributed by atoms with Gasteiger partial charge in [-0.3, -0.25) is 19.2 Å². The van der Waals surface area contributed by atoms with Gasteiger partial charge in [-0.15, -0.1) is 11.3 Å². The van der Waals surface area contributed by atoms with Crippen LogP contribution in [0.1, 0.15) is 76.8 Å². The van der Waals surface area contributed by atoms with Gasteiger partial charge in [0.2, 0.25) is 11.7 Å². The number of nitrogens with zero attached hydrogens (tertiary/aromatic N) is 5. The molecule has 2 saturated heterocycles. The number of anilines is 1. The number of hydrogen-bond donors (Lipinski definition) is 5. The van der Waals surface area contributed by atoms with Crippen molar-refractivity contribution in [3.63, 3.8) is 0 Å². The second-order valence-corrected chi connectivity index (χ2v) is 21.9. The first kappa shape index (κ1) is 57.1. The smallest absolute Gasteiger partial charge is 0.301 e. The molecule has 0 bridgehead atoms. The van der Waals surface area contributed by atoms with Crippen molar-refractivity contribution in [2.24, 2.45) is 0 Å². The summed E-state index contributed by atoms with van der Waals surface area (Å²) in [5, 5.41) is 29.9. The number of halogens is 3. The molecule has 0 radical (unpaired) electrons. The van der Waals surface area contributed by atoms with Crippen molar-refractivity contribution in [3.05, 3.63) is 136 Å². The van der Waals surface area contributed by atoms with Gasteiger partial charge in [0, 0.05) is 61.2 Å². The van der Waals surface area contributed by atoms with Crippen LogP contribution in [0.2, 0.25) is 0 Å². The number of nitrogens with one attached hydrogen (secondary N) is 3. The maximum atomic E-state index is 15.7. The first-order valence-electron chi connectivity index (χ1n) is 25.8. The first-order valence-corrected chi connectivity index (χ1v) is 28.1. The summed E-state index contributed by atoms with van der Waals surface area (Å²) in [5.74, 6) is -3.57. The van der Waals surface area contributed by atoms with E-state index in [1.807, 2.05) is 48.3 Å². The van der Waals surface area contributed by atoms with Crippen LogP contribution < -0.4 is 14.8 Å². The summed E-state index contributed by atoms with van der Waals surface area (Å²) >= 11 is 1.57. The number of fused-ring (bicyclic) bond motifs is 1. The van der Waals surface area contributed by atoms with Gasteiger partial charge in [-0.25, -0.2) is 23.1 Å². The average Bonchev–Trinajstić information content (AvgIpc) is 4.32. The second-order valence-electron chi connectivity index (χ2n) is 19.4. The number of ether oxygens (including phenoxy) is 4. The zero-order valence-electron chi connectivity index (χ0n) is 43.6. The van der Waals surface area contributed by atoms with Crippen molar-refractivity contribution in [1.29, 1.82) is 0 Å². The number of aromatic nitrogens is 4. The summed E-state index contributed by atoms with van der Waals surface area (Å²) in [6.45, 7) is 7.17. The number of carbonyl (C=O) groups is 2. The lowest BCUT2D eigenvalue weighted by molar-refractivity contribution is -0.131. The van der Waals surface area contributed by atoms with Gasteiger partial charge in [-0.1, -0.05) is 41.6 Å². The van der Waals surface area contributed by atoms with Crippen LogP contribution >= 0.6 is 11.3 Å². The van der Waals surface area contributed by atoms with E-state index in [1.165, 1.54) is 6.20 Å². The Morgan fingerprint density at radius 2 is 1.62 bits per heavy atom. The van der Waals surface area contributed by atoms with Gasteiger partial charge < -0.3 is 44.0 Å². The summed E-state index contributed by atoms with van der Waals surface area (Å²) < 4.78 is 102. The number of likely N-dealkylation sites (tertiary alicyclic amines) is 1. The number of rotatable bonds is 26. The van der Waals surface area contributed by atoms with Crippen LogP contribution in [0.4, 0.5) is 18.9 Å². The minimum Gasteiger partial charge on any atom is -0.491 e. The molecule has 9 rings (SSSR count). The van der Waals surface area contributed by atoms with E-state index in [2.05, 4.69) is 25.4 Å². The van der Waals surface area contributed by atoms with E-state index in [0.29, 0.717) is 48.0 Å². The summed E-state index contributed by atoms with van der Waals surface area (Å²) in [6.07, 6.45) is -0.0435. The lowest BCUT2D eigenvalue weighted by Gasteiger charge is -2.33. The van der Waals surface area contributed by atoms with E-state index < -0.39 is 75.9 Å². The molecule has 1 amide bonds. The monoisotopic (exact) mass is 1130 g/mol. The van der Waals surface area contributed by atoms with E-state index in [9.17, 15) is 32.6 Å². The third-order valence-corrected chi connectivity index (χ3v) is 16.3. The van der Waals surface area contributed by atoms with Crippen LogP contribution in [0.5, 0.6) is 5.75 Å². The number of aliphatic hydroxyl groups excluding tert-OH is 2. The van der Waals surface area contributed by atoms with Crippen molar-refractivity contribution >= 4 is 50.0 Å². The Hall–Kier alpha value is -6.61. The number of hydrogen-bond acceptors (Lipinski definition) is 16. The number of benzene rings is 3. The maximum Gasteiger partial charge on any atom is 0.301 e. The highest BCUT2D eigenvalue weighted by atomic mass is 32.2. The van der Waals surface area contributed by atoms with E-state index >= 15 is 8.78 Å². The fourth-order valence-electron chi connectivity index (χ4n) is 9.66. The molecule has 0 saturated carbocycles. The summed E-state index contributed by atoms with van der Waals surface area (Å²) in [5.41, 5.74) is 5.23. The zero-order chi connectivity index (χ0) is 55.8. The Kier molecular flexibility index (Phi) is 18.5. The number of aromatic amines is 1. The Morgan fingerprint density at radius 3 is 2.29 bits per heavy atom. The highest BCUT2D eigenvalue weighted by molar-refractivity contribution is 7.90. The molecule has 5 N–H and O–H groups in total. The lowest BCUT2D eigenvalue weighted by atomic mass is 9.98. The average molecular weight is 1130 g/mol. The molecule has 24 heteroatoms. The number of H-pyrrole nitrogens is 1. The number of aliphatic hydroxyl groups is 2. The first-order chi connectivity index (χ1) is 38.0. The number of β-amino-alcohol motifs (C(OH)–C–C–N with tert-alkyl or cyclic N) is 1. The number of aryl methyl sites for hydroxylation is 2. The number of amides is 1. The molecule has 420 valence electrons. The lowest BCUT2D eigenvalue weighted by Crippen LogP contribution is -2.50. The molecule has 19 nitrogen and oxygen atoms in total. The Balaban J connectivity index is 0.686. The van der Waals surface area contributed by atoms with Crippen LogP contribution in [-0.2, 0) is 29.2 Å². The van der Waals surface area contributed by atoms with Gasteiger partial charge >= 0.3 is 10.2 Å². The molecule has 4 aromatic heterocycles. The molecular weight excluding hydrogens is 1070 g/mol. The summed E-state index contributed by atoms with van der Waals surface area (Å²) in [6, 6.07) is 19.0. The van der Waals surface area contributed by atoms with E-state index in [4.69, 9.17) is 23.5 Å². The molecule has 2 aliphatic heterocycles. The van der Waals surface area contributed by atoms with Gasteiger partial charge in [0.1, 0.15) is 42.0 Å². The molecule has 7 aromatic rings. The maximum absolute atomic E-state index is 15.7. The highest BCUT2D eigenvalue weighted by Gasteiger charge is 2.43. The van der Waals surface area contributed by atoms with Crippen molar-refractivity contribution in [2.75, 3.05) is 70.6 Å². The van der Waals surface area contributed by atoms with Crippen molar-refractivity contribution in [3.8, 4) is 27.3 Å². The number of thiazole rings is 1. The van der Waals surface area contributed by atoms with E-state index in [1.54, 1.807) is 65.8 Å². The van der Waals surface area contributed by atoms with E-state index in [-0.39, 0.29) is 87.5 Å². The third kappa shape index (κ3) is 13.7. The molecule has 2 fully saturated rings. The van der Waals surface area contributed by atoms with Gasteiger partial charge in [0.05, 0.1) is 90.2 Å². The zero-order valence-corrected chi connectivity index (χ0v) is 45.2. The fraction of sp³-hybridized carbons (Fsp3) is 0.400. The normalized spacial score (nSPS) is 18.3. The van der Waals surface area contributed by atoms with Crippen LogP contribution in [0, 0.1) is 25.5 Å². The highest BCUT2D eigenvalue weighted by Crippen LogP contribution is 2.34. The molecule has 1 unspecified atom stereocenters. The molecule has 79 heavy (non-hydrogen) atoms. The predicted molar refractivity (Wildman–Crippen MR) is 287 cm³/mol. The minimum atomic E-state index is -4.38. The van der Waals surface area contributed by atoms with Gasteiger partial charge in [0.15, 0.2) is 5.82 Å². The number of carbonyl (C=O) groups excluding carboxylic acids is 2. The minimum absolute atomic E-state index is 0.0133. The fourth-order valence-corrected chi connectivity index (χ4v) is 11.7. The number of alkyl halides is 1. The molecule has 0 aliphatic carbocycles. The van der Waals surface area contributed by atoms with Crippen molar-refractivity contribution in [2.45, 2.75) is 76.5 Å². The largest absolute Gasteiger partial charge is 0.491 e. The Labute approximate surface area is 458 Å². The Bertz CT molecular complexity index is 3330. The molecule has 0 spiro atoms. The molecule has 3 aromatic carbocycles. The SMILES string of the molecule is Cc1cc([C@H](CCOCCOCCOCCOc2ccc(-c3cnc4[nH]cc(C(=O)c5c(F)ccc(NS(=O)(=O)N6CC[C@@H](F)C6)c5F)c4c3)cc2)C(O)N2C[C@H](O)C[C@H]2C(=O)N[C@@H](C)c2ccc(-c3scnc3C)cc2)on1. The van der Waals surface area contributed by atoms with Crippen LogP contribution in [-0.4, -0.2) is 150 Å². The molecule has 6 atom stereocenters. The second kappa shape index (κ2) is 25.7. The molecule has 6 heterocycles. The topological polar surface area (TPSA) is 244 Å². The molecule has 2 aliphatic rings. The summed E-state index contributed by atoms with van der Waals surface area (Å²) in [4.78, 5) is 41.7. The van der Waals surface area contributed by atoms with Crippen molar-refractivity contribution < 1.29 is 64.9 Å². The standard InChI is InChI=1S/C55H61F3N8O11S2/c1-32-24-48(77-63-32)42(55(70)66-30-40(67)26-47(66)54(69)62-33(2)35-4-6-37(7-5-35)52-34(3)61-31-78-52)15-17-73-18-19-74-20-21-75-22-23-76-41-10-8-36(9-11-41)38-25-43-44(28-60-53(43)59-27-38)51(68)49-45(57)12-13-46(50(49)58)64-79(71,72)65-16-14-39(56)29-65/h4-13,24-25,27-28,31,33,39-40,42,47,55,64,67,70H,14-23,26,29-30H2,1-3H3,(H,59,60)(H,62,69)/t33-,39+,40+,42-,47-,55?/m0/s1. The van der Waals surface area contributed by atoms with Gasteiger partial charge in [-0.05, 0) is 87.1 Å². The Morgan fingerprint density at radius 1 is 0.911 bits per heavy atom. The van der Waals surface area contributed by atoms with Gasteiger partial charge in [0.25, 0.3) is 0 Å². The van der Waals surface area contributed by atoms with Crippen molar-refractivity contribution in [1.82, 2.24) is 34.6 Å². The van der Waals surface area contributed by atoms with Crippen LogP contribution in [0.15, 0.2) is 95.2 Å².